The number of thiocarbonyl (C=S) groups is 1. The largest absolute Gasteiger partial charge is 0.481 e. The van der Waals surface area contributed by atoms with Gasteiger partial charge >= 0.3 is 0 Å². The van der Waals surface area contributed by atoms with Crippen LogP contribution < -0.4 is 25.2 Å². The fourth-order valence-electron chi connectivity index (χ4n) is 3.87. The number of hydrogen-bond donors (Lipinski definition) is 2. The van der Waals surface area contributed by atoms with Crippen LogP contribution in [0.5, 0.6) is 5.88 Å². The molecule has 3 heterocycles. The van der Waals surface area contributed by atoms with Gasteiger partial charge in [0.05, 0.1) is 20.3 Å². The van der Waals surface area contributed by atoms with E-state index < -0.39 is 0 Å². The molecule has 0 bridgehead atoms. The highest BCUT2D eigenvalue weighted by molar-refractivity contribution is 7.80. The number of nitrogens with one attached hydrogen (secondary N) is 2. The lowest BCUT2D eigenvalue weighted by molar-refractivity contribution is 0.0389. The van der Waals surface area contributed by atoms with Crippen LogP contribution in [0.3, 0.4) is 0 Å². The molecule has 2 aliphatic heterocycles. The van der Waals surface area contributed by atoms with Gasteiger partial charge in [0.15, 0.2) is 5.11 Å². The Hall–Kier alpha value is -2.69. The van der Waals surface area contributed by atoms with Gasteiger partial charge in [0.25, 0.3) is 0 Å². The van der Waals surface area contributed by atoms with E-state index in [-0.39, 0.29) is 0 Å². The molecule has 1 aromatic heterocycles. The van der Waals surface area contributed by atoms with Gasteiger partial charge < -0.3 is 29.9 Å². The molecule has 9 nitrogen and oxygen atoms in total. The normalized spacial score (nSPS) is 17.2. The van der Waals surface area contributed by atoms with E-state index in [1.54, 1.807) is 7.11 Å². The Morgan fingerprint density at radius 1 is 1.03 bits per heavy atom. The van der Waals surface area contributed by atoms with Crippen molar-refractivity contribution >= 4 is 34.8 Å². The summed E-state index contributed by atoms with van der Waals surface area (Å²) in [5.41, 5.74) is 1.25. The Morgan fingerprint density at radius 2 is 1.75 bits per heavy atom. The highest BCUT2D eigenvalue weighted by Gasteiger charge is 2.20. The summed E-state index contributed by atoms with van der Waals surface area (Å²) in [6, 6.07) is 12.4. The fraction of sp³-hybridized carbons (Fsp3) is 0.500. The number of hydrogen-bond acceptors (Lipinski definition) is 8. The molecule has 2 aliphatic rings. The van der Waals surface area contributed by atoms with E-state index >= 15 is 0 Å². The smallest absolute Gasteiger partial charge is 0.234 e. The van der Waals surface area contributed by atoms with E-state index in [9.17, 15) is 0 Å². The van der Waals surface area contributed by atoms with Crippen molar-refractivity contribution in [3.63, 3.8) is 0 Å². The summed E-state index contributed by atoms with van der Waals surface area (Å²) < 4.78 is 10.8. The molecule has 1 aromatic carbocycles. The third-order valence-corrected chi connectivity index (χ3v) is 5.91. The molecule has 2 fully saturated rings. The second kappa shape index (κ2) is 11.3. The third kappa shape index (κ3) is 6.18. The molecule has 2 aromatic rings. The first-order valence-corrected chi connectivity index (χ1v) is 11.4. The Kier molecular flexibility index (Phi) is 7.92. The van der Waals surface area contributed by atoms with Crippen LogP contribution in [0.25, 0.3) is 0 Å². The molecule has 0 saturated carbocycles. The highest BCUT2D eigenvalue weighted by atomic mass is 32.1. The maximum atomic E-state index is 5.45. The monoisotopic (exact) mass is 457 g/mol. The Balaban J connectivity index is 1.31. The van der Waals surface area contributed by atoms with Crippen molar-refractivity contribution in [1.82, 2.24) is 20.2 Å². The topological polar surface area (TPSA) is 78.0 Å². The Morgan fingerprint density at radius 3 is 2.47 bits per heavy atom. The van der Waals surface area contributed by atoms with Crippen LogP contribution in [0.1, 0.15) is 0 Å². The summed E-state index contributed by atoms with van der Waals surface area (Å²) in [6.07, 6.45) is 0. The second-order valence-corrected chi connectivity index (χ2v) is 8.14. The molecule has 0 amide bonds. The highest BCUT2D eigenvalue weighted by Crippen LogP contribution is 2.23. The molecule has 0 spiro atoms. The van der Waals surface area contributed by atoms with Crippen LogP contribution in [0.4, 0.5) is 17.5 Å². The molecule has 4 rings (SSSR count). The van der Waals surface area contributed by atoms with E-state index in [0.29, 0.717) is 16.9 Å². The first kappa shape index (κ1) is 22.5. The number of para-hydroxylation sites is 1. The van der Waals surface area contributed by atoms with Gasteiger partial charge in [0.2, 0.25) is 11.8 Å². The SMILES string of the molecule is COc1cc(N2CCN(c3ccccc3)CC2)nc(NC(=S)NCCN2CCOCC2)n1. The minimum Gasteiger partial charge on any atom is -0.481 e. The number of benzene rings is 1. The quantitative estimate of drug-likeness (QED) is 0.596. The van der Waals surface area contributed by atoms with Crippen LogP contribution in [0, 0.1) is 0 Å². The maximum absolute atomic E-state index is 5.45. The molecule has 0 unspecified atom stereocenters. The van der Waals surface area contributed by atoms with E-state index in [1.807, 2.05) is 12.1 Å². The summed E-state index contributed by atoms with van der Waals surface area (Å²) in [5, 5.41) is 6.85. The zero-order chi connectivity index (χ0) is 22.2. The van der Waals surface area contributed by atoms with E-state index in [2.05, 4.69) is 54.6 Å². The van der Waals surface area contributed by atoms with Gasteiger partial charge in [-0.15, -0.1) is 0 Å². The summed E-state index contributed by atoms with van der Waals surface area (Å²) in [7, 11) is 1.61. The summed E-state index contributed by atoms with van der Waals surface area (Å²) >= 11 is 5.45. The Labute approximate surface area is 194 Å². The maximum Gasteiger partial charge on any atom is 0.234 e. The number of anilines is 3. The average molecular weight is 458 g/mol. The number of nitrogens with zero attached hydrogens (tertiary/aromatic N) is 5. The summed E-state index contributed by atoms with van der Waals surface area (Å²) in [5.74, 6) is 1.79. The van der Waals surface area contributed by atoms with Crippen molar-refractivity contribution in [2.45, 2.75) is 0 Å². The lowest BCUT2D eigenvalue weighted by Crippen LogP contribution is -2.47. The number of methoxy groups -OCH3 is 1. The first-order chi connectivity index (χ1) is 15.7. The van der Waals surface area contributed by atoms with Crippen LogP contribution >= 0.6 is 12.2 Å². The van der Waals surface area contributed by atoms with Crippen LogP contribution in [0.2, 0.25) is 0 Å². The number of rotatable bonds is 7. The van der Waals surface area contributed by atoms with Crippen molar-refractivity contribution in [3.8, 4) is 5.88 Å². The summed E-state index contributed by atoms with van der Waals surface area (Å²) in [6.45, 7) is 8.79. The molecule has 2 N–H and O–H groups in total. The zero-order valence-electron chi connectivity index (χ0n) is 18.5. The minimum atomic E-state index is 0.439. The van der Waals surface area contributed by atoms with Gasteiger partial charge in [0, 0.05) is 64.1 Å². The van der Waals surface area contributed by atoms with Crippen molar-refractivity contribution in [2.24, 2.45) is 0 Å². The lowest BCUT2D eigenvalue weighted by atomic mass is 10.2. The Bertz CT molecular complexity index is 872. The van der Waals surface area contributed by atoms with Gasteiger partial charge in [-0.2, -0.15) is 9.97 Å². The van der Waals surface area contributed by atoms with Gasteiger partial charge in [-0.05, 0) is 24.4 Å². The standard InChI is InChI=1S/C22H31N7O2S/c1-30-20-17-19(29-11-9-28(10-12-29)18-5-3-2-4-6-18)24-21(25-20)26-22(32)23-7-8-27-13-15-31-16-14-27/h2-6,17H,7-16H2,1H3,(H2,23,24,25,26,32). The van der Waals surface area contributed by atoms with E-state index in [4.69, 9.17) is 26.7 Å². The molecule has 0 atom stereocenters. The van der Waals surface area contributed by atoms with Gasteiger partial charge in [-0.3, -0.25) is 4.90 Å². The van der Waals surface area contributed by atoms with Crippen molar-refractivity contribution in [3.05, 3.63) is 36.4 Å². The molecule has 10 heteroatoms. The predicted molar refractivity (Wildman–Crippen MR) is 131 cm³/mol. The zero-order valence-corrected chi connectivity index (χ0v) is 19.3. The fourth-order valence-corrected chi connectivity index (χ4v) is 4.06. The molecule has 0 aliphatic carbocycles. The predicted octanol–water partition coefficient (Wildman–Crippen LogP) is 1.43. The minimum absolute atomic E-state index is 0.439. The van der Waals surface area contributed by atoms with Crippen molar-refractivity contribution < 1.29 is 9.47 Å². The second-order valence-electron chi connectivity index (χ2n) is 7.74. The molecular formula is C22H31N7O2S. The first-order valence-electron chi connectivity index (χ1n) is 11.0. The van der Waals surface area contributed by atoms with Crippen molar-refractivity contribution in [2.75, 3.05) is 87.8 Å². The van der Waals surface area contributed by atoms with Crippen LogP contribution in [-0.4, -0.2) is 92.7 Å². The molecule has 0 radical (unpaired) electrons. The van der Waals surface area contributed by atoms with Crippen LogP contribution in [0.15, 0.2) is 36.4 Å². The summed E-state index contributed by atoms with van der Waals surface area (Å²) in [4.78, 5) is 16.1. The van der Waals surface area contributed by atoms with Gasteiger partial charge in [-0.1, -0.05) is 18.2 Å². The molecule has 2 saturated heterocycles. The lowest BCUT2D eigenvalue weighted by Gasteiger charge is -2.36. The number of morpholine rings is 1. The molecular weight excluding hydrogens is 426 g/mol. The van der Waals surface area contributed by atoms with E-state index in [1.165, 1.54) is 5.69 Å². The van der Waals surface area contributed by atoms with Gasteiger partial charge in [0.1, 0.15) is 5.82 Å². The number of aromatic nitrogens is 2. The van der Waals surface area contributed by atoms with E-state index in [0.717, 1.165) is 71.4 Å². The third-order valence-electron chi connectivity index (χ3n) is 5.67. The molecule has 172 valence electrons. The van der Waals surface area contributed by atoms with Crippen LogP contribution in [-0.2, 0) is 4.74 Å². The van der Waals surface area contributed by atoms with Gasteiger partial charge in [-0.25, -0.2) is 0 Å². The number of ether oxygens (including phenoxy) is 2. The number of piperazine rings is 1. The molecule has 32 heavy (non-hydrogen) atoms. The van der Waals surface area contributed by atoms with Crippen molar-refractivity contribution in [1.29, 1.82) is 0 Å². The average Bonchev–Trinajstić information content (AvgIpc) is 2.85.